The van der Waals surface area contributed by atoms with Crippen LogP contribution in [-0.2, 0) is 4.79 Å². The van der Waals surface area contributed by atoms with Crippen molar-refractivity contribution in [1.82, 2.24) is 10.3 Å². The van der Waals surface area contributed by atoms with Gasteiger partial charge in [0.1, 0.15) is 0 Å². The fraction of sp³-hybridized carbons (Fsp3) is 0.611. The van der Waals surface area contributed by atoms with Crippen LogP contribution in [0.15, 0.2) is 23.3 Å². The fourth-order valence-electron chi connectivity index (χ4n) is 3.89. The number of anilines is 1. The van der Waals surface area contributed by atoms with Crippen molar-refractivity contribution in [2.24, 2.45) is 15.8 Å². The third kappa shape index (κ3) is 5.17. The number of hydrogen-bond acceptors (Lipinski definition) is 4. The Balaban J connectivity index is 1.94. The highest BCUT2D eigenvalue weighted by Gasteiger charge is 2.41. The molecule has 0 aromatic carbocycles. The molecule has 0 aliphatic heterocycles. The molecule has 0 bridgehead atoms. The summed E-state index contributed by atoms with van der Waals surface area (Å²) < 4.78 is 0. The van der Waals surface area contributed by atoms with E-state index >= 15 is 0 Å². The lowest BCUT2D eigenvalue weighted by atomic mass is 9.63. The van der Waals surface area contributed by atoms with Crippen molar-refractivity contribution in [2.45, 2.75) is 53.0 Å². The molecule has 2 unspecified atom stereocenters. The summed E-state index contributed by atoms with van der Waals surface area (Å²) in [4.78, 5) is 30.8. The van der Waals surface area contributed by atoms with Crippen LogP contribution in [0.5, 0.6) is 0 Å². The summed E-state index contributed by atoms with van der Waals surface area (Å²) in [5.41, 5.74) is 1.54. The van der Waals surface area contributed by atoms with Crippen LogP contribution in [0.3, 0.4) is 0 Å². The first kappa shape index (κ1) is 18.1. The van der Waals surface area contributed by atoms with Crippen LogP contribution in [0.1, 0.15) is 45.7 Å². The molecule has 6 nitrogen and oxygen atoms in total. The van der Waals surface area contributed by atoms with Crippen molar-refractivity contribution in [3.8, 4) is 0 Å². The Morgan fingerprint density at radius 1 is 1.38 bits per heavy atom. The van der Waals surface area contributed by atoms with Gasteiger partial charge >= 0.3 is 6.03 Å². The van der Waals surface area contributed by atoms with Gasteiger partial charge in [0.05, 0.1) is 17.9 Å². The Morgan fingerprint density at radius 2 is 2.12 bits per heavy atom. The zero-order valence-corrected chi connectivity index (χ0v) is 14.8. The van der Waals surface area contributed by atoms with E-state index in [2.05, 4.69) is 41.4 Å². The quantitative estimate of drug-likeness (QED) is 0.655. The number of amides is 2. The summed E-state index contributed by atoms with van der Waals surface area (Å²) in [6, 6.07) is 3.40. The second kappa shape index (κ2) is 7.14. The second-order valence-corrected chi connectivity index (χ2v) is 7.93. The van der Waals surface area contributed by atoms with Gasteiger partial charge in [-0.15, -0.1) is 0 Å². The molecule has 0 spiro atoms. The zero-order chi connectivity index (χ0) is 17.8. The van der Waals surface area contributed by atoms with Gasteiger partial charge in [-0.3, -0.25) is 4.98 Å². The summed E-state index contributed by atoms with van der Waals surface area (Å²) in [6.45, 7) is 8.92. The van der Waals surface area contributed by atoms with Crippen molar-refractivity contribution in [3.05, 3.63) is 24.0 Å². The number of hydrogen-bond donors (Lipinski definition) is 2. The van der Waals surface area contributed by atoms with E-state index in [-0.39, 0.29) is 22.9 Å². The number of pyridine rings is 1. The number of aliphatic imine (C=N–C) groups is 1. The molecule has 6 heteroatoms. The molecule has 1 aliphatic carbocycles. The van der Waals surface area contributed by atoms with Crippen LogP contribution >= 0.6 is 0 Å². The number of urea groups is 1. The normalized spacial score (nSPS) is 25.4. The molecule has 1 aromatic heterocycles. The van der Waals surface area contributed by atoms with E-state index in [1.54, 1.807) is 12.3 Å². The molecular weight excluding hydrogens is 304 g/mol. The third-order valence-corrected chi connectivity index (χ3v) is 4.50. The average Bonchev–Trinajstić information content (AvgIpc) is 2.46. The summed E-state index contributed by atoms with van der Waals surface area (Å²) in [7, 11) is 0. The smallest absolute Gasteiger partial charge is 0.319 e. The molecular formula is C18H26N4O2. The minimum absolute atomic E-state index is 0.0255. The van der Waals surface area contributed by atoms with Gasteiger partial charge in [0.25, 0.3) is 0 Å². The number of carbonyl (C=O) groups excluding carboxylic acids is 2. The Morgan fingerprint density at radius 3 is 2.75 bits per heavy atom. The van der Waals surface area contributed by atoms with Crippen LogP contribution in [0.2, 0.25) is 0 Å². The third-order valence-electron chi connectivity index (χ3n) is 4.50. The molecule has 1 aliphatic rings. The molecule has 2 atom stereocenters. The van der Waals surface area contributed by atoms with Gasteiger partial charge in [0.2, 0.25) is 6.08 Å². The predicted octanol–water partition coefficient (Wildman–Crippen LogP) is 3.43. The summed E-state index contributed by atoms with van der Waals surface area (Å²) in [6.07, 6.45) is 5.94. The Hall–Kier alpha value is -2.20. The molecule has 24 heavy (non-hydrogen) atoms. The van der Waals surface area contributed by atoms with Crippen molar-refractivity contribution in [2.75, 3.05) is 11.9 Å². The van der Waals surface area contributed by atoms with Gasteiger partial charge in [0.15, 0.2) is 0 Å². The first-order valence-electron chi connectivity index (χ1n) is 8.26. The van der Waals surface area contributed by atoms with Gasteiger partial charge in [-0.2, -0.15) is 0 Å². The van der Waals surface area contributed by atoms with Gasteiger partial charge < -0.3 is 10.6 Å². The Kier molecular flexibility index (Phi) is 5.40. The summed E-state index contributed by atoms with van der Waals surface area (Å²) >= 11 is 0. The first-order valence-corrected chi connectivity index (χ1v) is 8.26. The highest BCUT2D eigenvalue weighted by atomic mass is 16.2. The second-order valence-electron chi connectivity index (χ2n) is 7.93. The summed E-state index contributed by atoms with van der Waals surface area (Å²) in [5, 5.41) is 5.72. The molecule has 0 radical (unpaired) electrons. The van der Waals surface area contributed by atoms with Crippen LogP contribution in [0.25, 0.3) is 0 Å². The number of aryl methyl sites for hydroxylation is 1. The van der Waals surface area contributed by atoms with E-state index in [9.17, 15) is 9.59 Å². The van der Waals surface area contributed by atoms with Crippen LogP contribution in [0.4, 0.5) is 10.5 Å². The van der Waals surface area contributed by atoms with E-state index < -0.39 is 0 Å². The molecule has 0 saturated heterocycles. The van der Waals surface area contributed by atoms with Crippen LogP contribution in [-0.4, -0.2) is 29.7 Å². The maximum absolute atomic E-state index is 12.1. The lowest BCUT2D eigenvalue weighted by molar-refractivity contribution is 0.0855. The van der Waals surface area contributed by atoms with E-state index in [1.807, 2.05) is 19.1 Å². The van der Waals surface area contributed by atoms with E-state index in [0.717, 1.165) is 25.0 Å². The molecule has 1 aromatic rings. The Bertz CT molecular complexity index is 635. The average molecular weight is 330 g/mol. The summed E-state index contributed by atoms with van der Waals surface area (Å²) in [5.74, 6) is 0. The molecule has 2 rings (SSSR count). The number of rotatable bonds is 4. The molecule has 1 heterocycles. The molecule has 1 saturated carbocycles. The monoisotopic (exact) mass is 330 g/mol. The Labute approximate surface area is 143 Å². The molecule has 2 amide bonds. The number of isocyanates is 1. The van der Waals surface area contributed by atoms with Gasteiger partial charge in [-0.25, -0.2) is 14.6 Å². The molecule has 1 fully saturated rings. The van der Waals surface area contributed by atoms with Crippen molar-refractivity contribution in [1.29, 1.82) is 0 Å². The number of carbonyl (C=O) groups is 1. The highest BCUT2D eigenvalue weighted by Crippen LogP contribution is 2.46. The minimum Gasteiger partial charge on any atom is -0.337 e. The number of nitrogens with zero attached hydrogens (tertiary/aromatic N) is 2. The maximum Gasteiger partial charge on any atom is 0.319 e. The fourth-order valence-corrected chi connectivity index (χ4v) is 3.89. The largest absolute Gasteiger partial charge is 0.337 e. The first-order chi connectivity index (χ1) is 11.2. The van der Waals surface area contributed by atoms with Crippen molar-refractivity contribution < 1.29 is 9.59 Å². The molecule has 130 valence electrons. The van der Waals surface area contributed by atoms with E-state index in [1.165, 1.54) is 0 Å². The van der Waals surface area contributed by atoms with Crippen molar-refractivity contribution >= 4 is 17.8 Å². The van der Waals surface area contributed by atoms with Gasteiger partial charge in [-0.05, 0) is 49.1 Å². The number of aromatic nitrogens is 1. The lowest BCUT2D eigenvalue weighted by Gasteiger charge is -2.45. The number of nitrogens with one attached hydrogen (secondary N) is 2. The van der Waals surface area contributed by atoms with E-state index in [4.69, 9.17) is 0 Å². The van der Waals surface area contributed by atoms with Crippen LogP contribution in [0, 0.1) is 17.8 Å². The predicted molar refractivity (Wildman–Crippen MR) is 93.6 cm³/mol. The lowest BCUT2D eigenvalue weighted by Crippen LogP contribution is -2.45. The highest BCUT2D eigenvalue weighted by molar-refractivity contribution is 5.89. The van der Waals surface area contributed by atoms with Gasteiger partial charge in [0, 0.05) is 12.2 Å². The van der Waals surface area contributed by atoms with Crippen molar-refractivity contribution in [3.63, 3.8) is 0 Å². The SMILES string of the molecule is Cc1ccc(NC(=O)NCC2(C)CC(N=C=O)CC(C)(C)C2)cn1. The maximum atomic E-state index is 12.1. The van der Waals surface area contributed by atoms with Gasteiger partial charge in [-0.1, -0.05) is 20.8 Å². The topological polar surface area (TPSA) is 83.5 Å². The minimum atomic E-state index is -0.249. The zero-order valence-electron chi connectivity index (χ0n) is 14.8. The van der Waals surface area contributed by atoms with E-state index in [0.29, 0.717) is 12.2 Å². The standard InChI is InChI=1S/C18H26N4O2/c1-13-5-6-14(9-19-13)22-16(24)20-11-18(4)8-15(21-12-23)7-17(2,3)10-18/h5-6,9,15H,7-8,10-11H2,1-4H3,(H2,20,22,24). The van der Waals surface area contributed by atoms with Crippen LogP contribution < -0.4 is 10.6 Å². The molecule has 2 N–H and O–H groups in total.